The molecule has 0 amide bonds. The number of anilines is 1. The van der Waals surface area contributed by atoms with E-state index in [2.05, 4.69) is 98.6 Å². The van der Waals surface area contributed by atoms with Crippen molar-refractivity contribution in [3.8, 4) is 5.75 Å². The molecule has 2 nitrogen and oxygen atoms in total. The molecular formula is C23H21NO. The number of fused-ring (bicyclic) bond motifs is 3. The molecule has 1 spiro atoms. The van der Waals surface area contributed by atoms with Crippen molar-refractivity contribution in [3.63, 3.8) is 0 Å². The summed E-state index contributed by atoms with van der Waals surface area (Å²) in [5, 5.41) is 2.45. The Balaban J connectivity index is 1.70. The number of ether oxygens (including phenoxy) is 1. The lowest BCUT2D eigenvalue weighted by Gasteiger charge is -2.45. The highest BCUT2D eigenvalue weighted by Gasteiger charge is 2.57. The summed E-state index contributed by atoms with van der Waals surface area (Å²) < 4.78 is 6.74. The van der Waals surface area contributed by atoms with Gasteiger partial charge >= 0.3 is 0 Å². The Morgan fingerprint density at radius 1 is 0.880 bits per heavy atom. The van der Waals surface area contributed by atoms with Crippen LogP contribution < -0.4 is 9.64 Å². The lowest BCUT2D eigenvalue weighted by Crippen LogP contribution is -2.58. The molecule has 2 aliphatic rings. The predicted octanol–water partition coefficient (Wildman–Crippen LogP) is 5.37. The van der Waals surface area contributed by atoms with E-state index in [1.807, 2.05) is 0 Å². The van der Waals surface area contributed by atoms with Gasteiger partial charge in [-0.3, -0.25) is 0 Å². The molecule has 0 N–H and O–H groups in total. The topological polar surface area (TPSA) is 12.5 Å². The fraction of sp³-hybridized carbons (Fsp3) is 0.217. The first-order valence-corrected chi connectivity index (χ1v) is 8.77. The van der Waals surface area contributed by atoms with Crippen LogP contribution in [0.1, 0.15) is 25.0 Å². The molecule has 0 aromatic heterocycles. The summed E-state index contributed by atoms with van der Waals surface area (Å²) in [5.74, 6) is 0.953. The number of rotatable bonds is 0. The van der Waals surface area contributed by atoms with E-state index in [9.17, 15) is 0 Å². The second kappa shape index (κ2) is 4.66. The van der Waals surface area contributed by atoms with Gasteiger partial charge in [0.2, 0.25) is 5.72 Å². The molecule has 3 aromatic rings. The molecule has 1 atom stereocenters. The summed E-state index contributed by atoms with van der Waals surface area (Å²) in [7, 11) is 2.13. The zero-order chi connectivity index (χ0) is 17.2. The Morgan fingerprint density at radius 3 is 2.32 bits per heavy atom. The van der Waals surface area contributed by atoms with E-state index >= 15 is 0 Å². The SMILES string of the molecule is CN1c2ccccc2C(C)(C)C12C=Cc1cc3ccccc3cc1O2. The lowest BCUT2D eigenvalue weighted by molar-refractivity contribution is 0.0583. The highest BCUT2D eigenvalue weighted by atomic mass is 16.5. The van der Waals surface area contributed by atoms with Crippen LogP contribution in [0, 0.1) is 0 Å². The number of hydrogen-bond acceptors (Lipinski definition) is 2. The van der Waals surface area contributed by atoms with E-state index in [4.69, 9.17) is 4.74 Å². The Kier molecular flexibility index (Phi) is 2.72. The highest BCUT2D eigenvalue weighted by molar-refractivity contribution is 5.88. The molecule has 5 rings (SSSR count). The zero-order valence-corrected chi connectivity index (χ0v) is 14.8. The fourth-order valence-corrected chi connectivity index (χ4v) is 4.46. The third-order valence-electron chi connectivity index (χ3n) is 5.97. The minimum atomic E-state index is -0.508. The van der Waals surface area contributed by atoms with Crippen LogP contribution in [0.25, 0.3) is 16.8 Å². The van der Waals surface area contributed by atoms with Gasteiger partial charge < -0.3 is 9.64 Å². The standard InChI is InChI=1S/C23H21NO/c1-22(2)19-10-6-7-11-20(19)24(3)23(22)13-12-18-14-16-8-4-5-9-17(16)15-21(18)25-23/h4-15H,1-3H3. The van der Waals surface area contributed by atoms with Crippen molar-refractivity contribution in [2.45, 2.75) is 25.0 Å². The zero-order valence-electron chi connectivity index (χ0n) is 14.8. The normalized spacial score (nSPS) is 22.8. The number of para-hydroxylation sites is 1. The number of likely N-dealkylation sites (N-methyl/N-ethyl adjacent to an activating group) is 1. The molecule has 2 heteroatoms. The maximum absolute atomic E-state index is 6.74. The second-order valence-electron chi connectivity index (χ2n) is 7.57. The average molecular weight is 327 g/mol. The van der Waals surface area contributed by atoms with Crippen molar-refractivity contribution in [2.24, 2.45) is 0 Å². The van der Waals surface area contributed by atoms with Crippen molar-refractivity contribution < 1.29 is 4.74 Å². The minimum Gasteiger partial charge on any atom is -0.463 e. The fourth-order valence-electron chi connectivity index (χ4n) is 4.46. The Bertz CT molecular complexity index is 1030. The molecule has 0 radical (unpaired) electrons. The van der Waals surface area contributed by atoms with Crippen LogP contribution in [-0.4, -0.2) is 12.8 Å². The van der Waals surface area contributed by atoms with Crippen LogP contribution in [0.5, 0.6) is 5.75 Å². The van der Waals surface area contributed by atoms with Gasteiger partial charge in [0, 0.05) is 18.3 Å². The molecule has 3 aromatic carbocycles. The molecular weight excluding hydrogens is 306 g/mol. The quantitative estimate of drug-likeness (QED) is 0.550. The molecule has 2 heterocycles. The van der Waals surface area contributed by atoms with Gasteiger partial charge in [-0.2, -0.15) is 0 Å². The predicted molar refractivity (Wildman–Crippen MR) is 104 cm³/mol. The molecule has 0 saturated carbocycles. The van der Waals surface area contributed by atoms with Gasteiger partial charge in [0.05, 0.1) is 5.41 Å². The summed E-state index contributed by atoms with van der Waals surface area (Å²) in [6.45, 7) is 4.54. The Morgan fingerprint density at radius 2 is 1.56 bits per heavy atom. The lowest BCUT2D eigenvalue weighted by atomic mass is 9.76. The minimum absolute atomic E-state index is 0.155. The molecule has 2 aliphatic heterocycles. The van der Waals surface area contributed by atoms with E-state index in [1.165, 1.54) is 22.0 Å². The van der Waals surface area contributed by atoms with Crippen LogP contribution in [0.15, 0.2) is 66.7 Å². The Hall–Kier alpha value is -2.74. The van der Waals surface area contributed by atoms with Crippen molar-refractivity contribution in [1.29, 1.82) is 0 Å². The maximum atomic E-state index is 6.74. The van der Waals surface area contributed by atoms with Gasteiger partial charge in [0.25, 0.3) is 0 Å². The first-order chi connectivity index (χ1) is 12.0. The van der Waals surface area contributed by atoms with Crippen molar-refractivity contribution in [2.75, 3.05) is 11.9 Å². The number of nitrogens with zero attached hydrogens (tertiary/aromatic N) is 1. The summed E-state index contributed by atoms with van der Waals surface area (Å²) in [5.41, 5.74) is 3.04. The first kappa shape index (κ1) is 14.6. The van der Waals surface area contributed by atoms with Gasteiger partial charge in [-0.25, -0.2) is 0 Å². The van der Waals surface area contributed by atoms with Crippen molar-refractivity contribution in [1.82, 2.24) is 0 Å². The number of hydrogen-bond donors (Lipinski definition) is 0. The molecule has 25 heavy (non-hydrogen) atoms. The summed E-state index contributed by atoms with van der Waals surface area (Å²) in [4.78, 5) is 2.27. The van der Waals surface area contributed by atoms with Gasteiger partial charge in [-0.1, -0.05) is 42.5 Å². The van der Waals surface area contributed by atoms with Crippen molar-refractivity contribution >= 4 is 22.5 Å². The summed E-state index contributed by atoms with van der Waals surface area (Å²) in [6.07, 6.45) is 4.44. The average Bonchev–Trinajstić information content (AvgIpc) is 2.79. The van der Waals surface area contributed by atoms with Crippen LogP contribution in [0.2, 0.25) is 0 Å². The molecule has 1 unspecified atom stereocenters. The largest absolute Gasteiger partial charge is 0.463 e. The monoisotopic (exact) mass is 327 g/mol. The molecule has 0 aliphatic carbocycles. The highest BCUT2D eigenvalue weighted by Crippen LogP contribution is 2.54. The second-order valence-corrected chi connectivity index (χ2v) is 7.57. The van der Waals surface area contributed by atoms with Gasteiger partial charge in [-0.15, -0.1) is 0 Å². The Labute approximate surface area is 148 Å². The van der Waals surface area contributed by atoms with E-state index < -0.39 is 5.72 Å². The van der Waals surface area contributed by atoms with Crippen LogP contribution in [0.4, 0.5) is 5.69 Å². The molecule has 0 fully saturated rings. The third kappa shape index (κ3) is 1.74. The van der Waals surface area contributed by atoms with Crippen molar-refractivity contribution in [3.05, 3.63) is 77.9 Å². The van der Waals surface area contributed by atoms with Gasteiger partial charge in [0.1, 0.15) is 5.75 Å². The first-order valence-electron chi connectivity index (χ1n) is 8.77. The van der Waals surface area contributed by atoms with Crippen LogP contribution in [0.3, 0.4) is 0 Å². The summed E-state index contributed by atoms with van der Waals surface area (Å²) >= 11 is 0. The summed E-state index contributed by atoms with van der Waals surface area (Å²) in [6, 6.07) is 21.4. The van der Waals surface area contributed by atoms with Crippen LogP contribution in [-0.2, 0) is 5.41 Å². The van der Waals surface area contributed by atoms with Crippen LogP contribution >= 0.6 is 0 Å². The van der Waals surface area contributed by atoms with Gasteiger partial charge in [0.15, 0.2) is 0 Å². The van der Waals surface area contributed by atoms with E-state index in [0.717, 1.165) is 11.3 Å². The van der Waals surface area contributed by atoms with E-state index in [-0.39, 0.29) is 5.41 Å². The van der Waals surface area contributed by atoms with E-state index in [0.29, 0.717) is 0 Å². The third-order valence-corrected chi connectivity index (χ3v) is 5.97. The van der Waals surface area contributed by atoms with E-state index in [1.54, 1.807) is 0 Å². The smallest absolute Gasteiger partial charge is 0.211 e. The maximum Gasteiger partial charge on any atom is 0.211 e. The van der Waals surface area contributed by atoms with Gasteiger partial charge in [-0.05, 0) is 60.5 Å². The molecule has 124 valence electrons. The molecule has 0 bridgehead atoms. The number of benzene rings is 3. The molecule has 0 saturated heterocycles.